The summed E-state index contributed by atoms with van der Waals surface area (Å²) in [5.74, 6) is -0.0767. The van der Waals surface area contributed by atoms with Crippen molar-refractivity contribution in [2.75, 3.05) is 13.7 Å². The average molecular weight is 332 g/mol. The van der Waals surface area contributed by atoms with E-state index in [0.29, 0.717) is 17.4 Å². The van der Waals surface area contributed by atoms with Gasteiger partial charge in [0, 0.05) is 18.3 Å². The molecule has 1 aliphatic heterocycles. The van der Waals surface area contributed by atoms with Crippen molar-refractivity contribution in [1.82, 2.24) is 0 Å². The van der Waals surface area contributed by atoms with Crippen LogP contribution in [0.5, 0.6) is 0 Å². The first-order chi connectivity index (χ1) is 11.2. The zero-order valence-corrected chi connectivity index (χ0v) is 14.3. The van der Waals surface area contributed by atoms with E-state index in [9.17, 15) is 9.90 Å². The lowest BCUT2D eigenvalue weighted by atomic mass is 9.80. The number of hydrogen-bond donors (Lipinski definition) is 1. The zero-order chi connectivity index (χ0) is 16.2. The summed E-state index contributed by atoms with van der Waals surface area (Å²) in [4.78, 5) is 11.8. The lowest BCUT2D eigenvalue weighted by molar-refractivity contribution is -0.131. The molecule has 124 valence electrons. The summed E-state index contributed by atoms with van der Waals surface area (Å²) in [6.07, 6.45) is 8.33. The van der Waals surface area contributed by atoms with E-state index in [0.717, 1.165) is 0 Å². The molecule has 3 nitrogen and oxygen atoms in total. The first-order valence-electron chi connectivity index (χ1n) is 8.40. The Morgan fingerprint density at radius 2 is 1.91 bits per heavy atom. The maximum absolute atomic E-state index is 11.4. The maximum Gasteiger partial charge on any atom is 0.341 e. The minimum Gasteiger partial charge on any atom is -0.477 e. The normalized spacial score (nSPS) is 25.3. The van der Waals surface area contributed by atoms with Crippen LogP contribution < -0.4 is 0 Å². The molecule has 4 heteroatoms. The number of rotatable bonds is 5. The van der Waals surface area contributed by atoms with Gasteiger partial charge in [0.1, 0.15) is 0 Å². The van der Waals surface area contributed by atoms with Crippen molar-refractivity contribution in [2.45, 2.75) is 43.3 Å². The van der Waals surface area contributed by atoms with Crippen LogP contribution in [0.25, 0.3) is 0 Å². The highest BCUT2D eigenvalue weighted by molar-refractivity contribution is 8.04. The van der Waals surface area contributed by atoms with Crippen LogP contribution in [-0.2, 0) is 9.53 Å². The molecule has 0 amide bonds. The molecule has 1 saturated carbocycles. The van der Waals surface area contributed by atoms with Crippen LogP contribution in [0.15, 0.2) is 35.2 Å². The first kappa shape index (κ1) is 16.6. The number of benzene rings is 1. The molecule has 2 unspecified atom stereocenters. The van der Waals surface area contributed by atoms with Crippen LogP contribution >= 0.6 is 11.8 Å². The highest BCUT2D eigenvalue weighted by atomic mass is 32.2. The van der Waals surface area contributed by atoms with E-state index in [1.165, 1.54) is 55.0 Å². The van der Waals surface area contributed by atoms with E-state index < -0.39 is 5.97 Å². The SMILES string of the molecule is COCC1C=C(C(=O)O)SC1c1ccccc1C1CCCCC1. The Bertz CT molecular complexity index is 590. The third kappa shape index (κ3) is 3.64. The standard InChI is InChI=1S/C19H24O3S/c1-22-12-14-11-17(19(20)21)23-18(14)16-10-6-5-9-15(16)13-7-3-2-4-8-13/h5-6,9-11,13-14,18H,2-4,7-8,12H2,1H3,(H,20,21). The predicted octanol–water partition coefficient (Wildman–Crippen LogP) is 4.75. The molecule has 1 fully saturated rings. The largest absolute Gasteiger partial charge is 0.477 e. The van der Waals surface area contributed by atoms with Crippen molar-refractivity contribution in [1.29, 1.82) is 0 Å². The molecule has 1 heterocycles. The van der Waals surface area contributed by atoms with Gasteiger partial charge in [0.15, 0.2) is 0 Å². The van der Waals surface area contributed by atoms with Crippen LogP contribution in [0.3, 0.4) is 0 Å². The van der Waals surface area contributed by atoms with Gasteiger partial charge in [-0.15, -0.1) is 11.8 Å². The fraction of sp³-hybridized carbons (Fsp3) is 0.526. The second-order valence-corrected chi connectivity index (χ2v) is 7.64. The Morgan fingerprint density at radius 3 is 2.57 bits per heavy atom. The first-order valence-corrected chi connectivity index (χ1v) is 9.28. The Balaban J connectivity index is 1.90. The van der Waals surface area contributed by atoms with Gasteiger partial charge in [-0.2, -0.15) is 0 Å². The van der Waals surface area contributed by atoms with Crippen LogP contribution in [0.4, 0.5) is 0 Å². The molecule has 2 atom stereocenters. The predicted molar refractivity (Wildman–Crippen MR) is 93.7 cm³/mol. The third-order valence-corrected chi connectivity index (χ3v) is 6.35. The van der Waals surface area contributed by atoms with E-state index in [1.807, 2.05) is 6.08 Å². The summed E-state index contributed by atoms with van der Waals surface area (Å²) in [6, 6.07) is 8.62. The van der Waals surface area contributed by atoms with Crippen molar-refractivity contribution in [2.24, 2.45) is 5.92 Å². The Kier molecular flexibility index (Phi) is 5.44. The van der Waals surface area contributed by atoms with Crippen molar-refractivity contribution >= 4 is 17.7 Å². The quantitative estimate of drug-likeness (QED) is 0.845. The lowest BCUT2D eigenvalue weighted by Crippen LogP contribution is -2.14. The fourth-order valence-corrected chi connectivity index (χ4v) is 5.15. The zero-order valence-electron chi connectivity index (χ0n) is 13.5. The third-order valence-electron chi connectivity index (χ3n) is 4.93. The molecule has 0 radical (unpaired) electrons. The Labute approximate surface area is 142 Å². The van der Waals surface area contributed by atoms with E-state index in [-0.39, 0.29) is 11.2 Å². The van der Waals surface area contributed by atoms with Gasteiger partial charge in [0.2, 0.25) is 0 Å². The number of hydrogen-bond acceptors (Lipinski definition) is 3. The topological polar surface area (TPSA) is 46.5 Å². The van der Waals surface area contributed by atoms with Crippen LogP contribution in [0.2, 0.25) is 0 Å². The Hall–Kier alpha value is -1.26. The Morgan fingerprint density at radius 1 is 1.22 bits per heavy atom. The minimum atomic E-state index is -0.825. The summed E-state index contributed by atoms with van der Waals surface area (Å²) in [7, 11) is 1.68. The highest BCUT2D eigenvalue weighted by Crippen LogP contribution is 2.50. The average Bonchev–Trinajstić information content (AvgIpc) is 3.00. The van der Waals surface area contributed by atoms with Gasteiger partial charge in [-0.3, -0.25) is 0 Å². The van der Waals surface area contributed by atoms with Gasteiger partial charge >= 0.3 is 5.97 Å². The number of ether oxygens (including phenoxy) is 1. The second-order valence-electron chi connectivity index (χ2n) is 6.46. The number of carbonyl (C=O) groups is 1. The van der Waals surface area contributed by atoms with E-state index in [1.54, 1.807) is 7.11 Å². The molecule has 1 aliphatic carbocycles. The van der Waals surface area contributed by atoms with Crippen LogP contribution in [0, 0.1) is 5.92 Å². The summed E-state index contributed by atoms with van der Waals surface area (Å²) >= 11 is 1.48. The van der Waals surface area contributed by atoms with Crippen molar-refractivity contribution < 1.29 is 14.6 Å². The molecule has 2 aliphatic rings. The summed E-state index contributed by atoms with van der Waals surface area (Å²) in [5, 5.41) is 9.50. The fourth-order valence-electron chi connectivity index (χ4n) is 3.84. The second kappa shape index (κ2) is 7.54. The van der Waals surface area contributed by atoms with Gasteiger partial charge < -0.3 is 9.84 Å². The maximum atomic E-state index is 11.4. The molecular formula is C19H24O3S. The molecule has 23 heavy (non-hydrogen) atoms. The van der Waals surface area contributed by atoms with Crippen molar-refractivity contribution in [3.8, 4) is 0 Å². The molecule has 0 bridgehead atoms. The van der Waals surface area contributed by atoms with Crippen molar-refractivity contribution in [3.63, 3.8) is 0 Å². The van der Waals surface area contributed by atoms with Gasteiger partial charge in [0.05, 0.1) is 11.5 Å². The minimum absolute atomic E-state index is 0.126. The number of aliphatic carboxylic acids is 1. The van der Waals surface area contributed by atoms with E-state index in [2.05, 4.69) is 24.3 Å². The molecular weight excluding hydrogens is 308 g/mol. The highest BCUT2D eigenvalue weighted by Gasteiger charge is 2.34. The summed E-state index contributed by atoms with van der Waals surface area (Å²) in [6.45, 7) is 0.563. The van der Waals surface area contributed by atoms with Crippen molar-refractivity contribution in [3.05, 3.63) is 46.4 Å². The number of carboxylic acid groups (broad SMARTS) is 1. The molecule has 1 aromatic rings. The molecule has 0 spiro atoms. The van der Waals surface area contributed by atoms with Gasteiger partial charge in [-0.05, 0) is 29.9 Å². The molecule has 0 aromatic heterocycles. The van der Waals surface area contributed by atoms with Gasteiger partial charge in [-0.25, -0.2) is 4.79 Å². The molecule has 0 saturated heterocycles. The van der Waals surface area contributed by atoms with E-state index in [4.69, 9.17) is 4.74 Å². The molecule has 1 N–H and O–H groups in total. The molecule has 1 aromatic carbocycles. The van der Waals surface area contributed by atoms with Crippen LogP contribution in [-0.4, -0.2) is 24.8 Å². The number of methoxy groups -OCH3 is 1. The summed E-state index contributed by atoms with van der Waals surface area (Å²) in [5.41, 5.74) is 2.73. The number of carboxylic acids is 1. The van der Waals surface area contributed by atoms with Gasteiger partial charge in [-0.1, -0.05) is 49.6 Å². The summed E-state index contributed by atoms with van der Waals surface area (Å²) < 4.78 is 5.34. The molecule has 3 rings (SSSR count). The lowest BCUT2D eigenvalue weighted by Gasteiger charge is -2.28. The smallest absolute Gasteiger partial charge is 0.341 e. The van der Waals surface area contributed by atoms with E-state index >= 15 is 0 Å². The number of thioether (sulfide) groups is 1. The van der Waals surface area contributed by atoms with Gasteiger partial charge in [0.25, 0.3) is 0 Å². The monoisotopic (exact) mass is 332 g/mol. The van der Waals surface area contributed by atoms with Crippen LogP contribution in [0.1, 0.15) is 54.4 Å².